The Balaban J connectivity index is 2.21. The second-order valence-electron chi connectivity index (χ2n) is 3.46. The van der Waals surface area contributed by atoms with Crippen molar-refractivity contribution < 1.29 is 4.79 Å². The second kappa shape index (κ2) is 3.80. The van der Waals surface area contributed by atoms with Crippen LogP contribution < -0.4 is 10.6 Å². The molecule has 2 rings (SSSR count). The summed E-state index contributed by atoms with van der Waals surface area (Å²) in [6.45, 7) is 2.96. The SMILES string of the molecule is CCCN[C@@H]1C(=O)Nc2ccccc21. The van der Waals surface area contributed by atoms with Crippen LogP contribution in [0.4, 0.5) is 5.69 Å². The summed E-state index contributed by atoms with van der Waals surface area (Å²) in [6.07, 6.45) is 1.03. The van der Waals surface area contributed by atoms with Gasteiger partial charge in [-0.25, -0.2) is 0 Å². The lowest BCUT2D eigenvalue weighted by Crippen LogP contribution is -2.27. The van der Waals surface area contributed by atoms with Crippen LogP contribution in [0.1, 0.15) is 24.9 Å². The van der Waals surface area contributed by atoms with Crippen molar-refractivity contribution in [3.8, 4) is 0 Å². The van der Waals surface area contributed by atoms with Gasteiger partial charge in [-0.3, -0.25) is 4.79 Å². The maximum atomic E-state index is 11.6. The Morgan fingerprint density at radius 2 is 2.21 bits per heavy atom. The Kier molecular flexibility index (Phi) is 2.50. The van der Waals surface area contributed by atoms with Crippen molar-refractivity contribution >= 4 is 11.6 Å². The number of hydrogen-bond donors (Lipinski definition) is 2. The van der Waals surface area contributed by atoms with Crippen LogP contribution in [0.25, 0.3) is 0 Å². The molecule has 0 fully saturated rings. The van der Waals surface area contributed by atoms with Gasteiger partial charge in [-0.2, -0.15) is 0 Å². The maximum absolute atomic E-state index is 11.6. The molecule has 3 nitrogen and oxygen atoms in total. The molecule has 14 heavy (non-hydrogen) atoms. The quantitative estimate of drug-likeness (QED) is 0.761. The molecule has 1 aliphatic heterocycles. The number of benzene rings is 1. The Morgan fingerprint density at radius 3 is 3.00 bits per heavy atom. The molecule has 1 heterocycles. The molecule has 1 aromatic carbocycles. The van der Waals surface area contributed by atoms with Crippen LogP contribution in [-0.4, -0.2) is 12.5 Å². The first-order chi connectivity index (χ1) is 6.83. The molecule has 2 N–H and O–H groups in total. The lowest BCUT2D eigenvalue weighted by atomic mass is 10.1. The van der Waals surface area contributed by atoms with E-state index in [1.165, 1.54) is 0 Å². The van der Waals surface area contributed by atoms with Gasteiger partial charge in [-0.15, -0.1) is 0 Å². The Bertz CT molecular complexity index is 349. The first-order valence-electron chi connectivity index (χ1n) is 4.96. The molecule has 0 saturated carbocycles. The van der Waals surface area contributed by atoms with Gasteiger partial charge in [0.1, 0.15) is 6.04 Å². The number of amides is 1. The van der Waals surface area contributed by atoms with Gasteiger partial charge in [0, 0.05) is 11.3 Å². The second-order valence-corrected chi connectivity index (χ2v) is 3.46. The van der Waals surface area contributed by atoms with Gasteiger partial charge in [-0.1, -0.05) is 25.1 Å². The van der Waals surface area contributed by atoms with Gasteiger partial charge in [0.2, 0.25) is 5.91 Å². The van der Waals surface area contributed by atoms with Gasteiger partial charge in [0.05, 0.1) is 0 Å². The third kappa shape index (κ3) is 1.51. The fraction of sp³-hybridized carbons (Fsp3) is 0.364. The molecule has 1 amide bonds. The predicted molar refractivity (Wildman–Crippen MR) is 56.1 cm³/mol. The van der Waals surface area contributed by atoms with E-state index in [0.717, 1.165) is 24.2 Å². The van der Waals surface area contributed by atoms with Gasteiger partial charge < -0.3 is 10.6 Å². The van der Waals surface area contributed by atoms with Crippen molar-refractivity contribution in [2.24, 2.45) is 0 Å². The molecule has 1 aliphatic rings. The summed E-state index contributed by atoms with van der Waals surface area (Å²) in [7, 11) is 0. The third-order valence-electron chi connectivity index (χ3n) is 2.39. The van der Waals surface area contributed by atoms with E-state index in [4.69, 9.17) is 0 Å². The molecule has 3 heteroatoms. The highest BCUT2D eigenvalue weighted by molar-refractivity contribution is 6.02. The number of hydrogen-bond acceptors (Lipinski definition) is 2. The minimum atomic E-state index is -0.161. The van der Waals surface area contributed by atoms with Crippen LogP contribution in [0.5, 0.6) is 0 Å². The molecular weight excluding hydrogens is 176 g/mol. The summed E-state index contributed by atoms with van der Waals surface area (Å²) < 4.78 is 0. The molecule has 74 valence electrons. The number of para-hydroxylation sites is 1. The van der Waals surface area contributed by atoms with Crippen LogP contribution in [0.3, 0.4) is 0 Å². The monoisotopic (exact) mass is 190 g/mol. The van der Waals surface area contributed by atoms with E-state index >= 15 is 0 Å². The molecule has 0 aromatic heterocycles. The highest BCUT2D eigenvalue weighted by atomic mass is 16.2. The van der Waals surface area contributed by atoms with Crippen LogP contribution in [0, 0.1) is 0 Å². The maximum Gasteiger partial charge on any atom is 0.246 e. The highest BCUT2D eigenvalue weighted by Gasteiger charge is 2.28. The van der Waals surface area contributed by atoms with Gasteiger partial charge in [0.15, 0.2) is 0 Å². The molecule has 1 atom stereocenters. The fourth-order valence-electron chi connectivity index (χ4n) is 1.70. The normalized spacial score (nSPS) is 19.2. The number of carbonyl (C=O) groups is 1. The number of carbonyl (C=O) groups excluding carboxylic acids is 1. The molecule has 0 unspecified atom stereocenters. The summed E-state index contributed by atoms with van der Waals surface area (Å²) in [6, 6.07) is 7.65. The summed E-state index contributed by atoms with van der Waals surface area (Å²) >= 11 is 0. The Morgan fingerprint density at radius 1 is 1.43 bits per heavy atom. The molecule has 0 radical (unpaired) electrons. The largest absolute Gasteiger partial charge is 0.324 e. The molecule has 1 aromatic rings. The zero-order chi connectivity index (χ0) is 9.97. The number of anilines is 1. The summed E-state index contributed by atoms with van der Waals surface area (Å²) in [5.41, 5.74) is 2.00. The van der Waals surface area contributed by atoms with Crippen molar-refractivity contribution in [2.45, 2.75) is 19.4 Å². The van der Waals surface area contributed by atoms with Crippen molar-refractivity contribution in [3.05, 3.63) is 29.8 Å². The smallest absolute Gasteiger partial charge is 0.246 e. The van der Waals surface area contributed by atoms with Crippen LogP contribution in [0.15, 0.2) is 24.3 Å². The predicted octanol–water partition coefficient (Wildman–Crippen LogP) is 1.68. The van der Waals surface area contributed by atoms with E-state index < -0.39 is 0 Å². The fourth-order valence-corrected chi connectivity index (χ4v) is 1.70. The van der Waals surface area contributed by atoms with Gasteiger partial charge in [-0.05, 0) is 19.0 Å². The molecule has 0 spiro atoms. The van der Waals surface area contributed by atoms with E-state index in [1.54, 1.807) is 0 Å². The van der Waals surface area contributed by atoms with E-state index in [-0.39, 0.29) is 11.9 Å². The van der Waals surface area contributed by atoms with Crippen molar-refractivity contribution in [1.29, 1.82) is 0 Å². The topological polar surface area (TPSA) is 41.1 Å². The first kappa shape index (κ1) is 9.21. The Labute approximate surface area is 83.5 Å². The highest BCUT2D eigenvalue weighted by Crippen LogP contribution is 2.29. The van der Waals surface area contributed by atoms with Crippen molar-refractivity contribution in [1.82, 2.24) is 5.32 Å². The molecule has 0 bridgehead atoms. The molecular formula is C11H14N2O. The van der Waals surface area contributed by atoms with Crippen LogP contribution in [0.2, 0.25) is 0 Å². The summed E-state index contributed by atoms with van der Waals surface area (Å²) in [5, 5.41) is 6.08. The van der Waals surface area contributed by atoms with Crippen LogP contribution >= 0.6 is 0 Å². The minimum absolute atomic E-state index is 0.0552. The van der Waals surface area contributed by atoms with Crippen molar-refractivity contribution in [3.63, 3.8) is 0 Å². The number of rotatable bonds is 3. The average Bonchev–Trinajstić information content (AvgIpc) is 2.51. The molecule has 0 saturated heterocycles. The Hall–Kier alpha value is -1.35. The lowest BCUT2D eigenvalue weighted by molar-refractivity contribution is -0.117. The summed E-state index contributed by atoms with van der Waals surface area (Å²) in [5.74, 6) is 0.0552. The standard InChI is InChI=1S/C11H14N2O/c1-2-7-12-10-8-5-3-4-6-9(8)13-11(10)14/h3-6,10,12H,2,7H2,1H3,(H,13,14)/t10-/m0/s1. The number of fused-ring (bicyclic) bond motifs is 1. The zero-order valence-electron chi connectivity index (χ0n) is 8.21. The lowest BCUT2D eigenvalue weighted by Gasteiger charge is -2.09. The zero-order valence-corrected chi connectivity index (χ0v) is 8.21. The van der Waals surface area contributed by atoms with E-state index in [9.17, 15) is 4.79 Å². The number of nitrogens with one attached hydrogen (secondary N) is 2. The van der Waals surface area contributed by atoms with E-state index in [0.29, 0.717) is 0 Å². The average molecular weight is 190 g/mol. The van der Waals surface area contributed by atoms with Crippen LogP contribution in [-0.2, 0) is 4.79 Å². The first-order valence-corrected chi connectivity index (χ1v) is 4.96. The van der Waals surface area contributed by atoms with Gasteiger partial charge >= 0.3 is 0 Å². The summed E-state index contributed by atoms with van der Waals surface area (Å²) in [4.78, 5) is 11.6. The van der Waals surface area contributed by atoms with Gasteiger partial charge in [0.25, 0.3) is 0 Å². The van der Waals surface area contributed by atoms with E-state index in [2.05, 4.69) is 17.6 Å². The third-order valence-corrected chi connectivity index (χ3v) is 2.39. The van der Waals surface area contributed by atoms with E-state index in [1.807, 2.05) is 24.3 Å². The minimum Gasteiger partial charge on any atom is -0.324 e. The van der Waals surface area contributed by atoms with Crippen molar-refractivity contribution in [2.75, 3.05) is 11.9 Å². The molecule has 0 aliphatic carbocycles.